The molecule has 1 aromatic carbocycles. The number of nitrogens with zero attached hydrogens (tertiary/aromatic N) is 1. The molecule has 0 spiro atoms. The lowest BCUT2D eigenvalue weighted by atomic mass is 10.2. The third kappa shape index (κ3) is 4.14. The first kappa shape index (κ1) is 18.0. The van der Waals surface area contributed by atoms with Gasteiger partial charge in [-0.25, -0.2) is 9.59 Å². The minimum Gasteiger partial charge on any atom is -0.461 e. The average Bonchev–Trinajstić information content (AvgIpc) is 2.85. The van der Waals surface area contributed by atoms with Gasteiger partial charge in [-0.3, -0.25) is 0 Å². The van der Waals surface area contributed by atoms with Gasteiger partial charge in [0.05, 0.1) is 18.8 Å². The van der Waals surface area contributed by atoms with Crippen molar-refractivity contribution in [2.45, 2.75) is 52.6 Å². The Kier molecular flexibility index (Phi) is 5.62. The van der Waals surface area contributed by atoms with Crippen LogP contribution in [-0.2, 0) is 20.8 Å². The first-order valence-corrected chi connectivity index (χ1v) is 7.97. The van der Waals surface area contributed by atoms with E-state index in [1.54, 1.807) is 38.3 Å². The van der Waals surface area contributed by atoms with Gasteiger partial charge in [0.1, 0.15) is 5.69 Å². The van der Waals surface area contributed by atoms with E-state index in [0.29, 0.717) is 5.69 Å². The summed E-state index contributed by atoms with van der Waals surface area (Å²) in [6, 6.07) is 9.06. The number of aliphatic hydroxyl groups excluding tert-OH is 1. The zero-order valence-electron chi connectivity index (χ0n) is 14.4. The molecule has 1 aromatic heterocycles. The number of aromatic nitrogens is 1. The summed E-state index contributed by atoms with van der Waals surface area (Å²) in [7, 11) is 0. The van der Waals surface area contributed by atoms with Crippen LogP contribution >= 0.6 is 0 Å². The molecule has 1 heterocycles. The van der Waals surface area contributed by atoms with Gasteiger partial charge in [-0.05, 0) is 39.8 Å². The van der Waals surface area contributed by atoms with Gasteiger partial charge in [0.2, 0.25) is 0 Å². The molecule has 24 heavy (non-hydrogen) atoms. The molecule has 0 fully saturated rings. The molecular weight excluding hydrogens is 310 g/mol. The van der Waals surface area contributed by atoms with Gasteiger partial charge in [0, 0.05) is 10.9 Å². The maximum Gasteiger partial charge on any atom is 0.355 e. The number of ether oxygens (including phenoxy) is 2. The number of para-hydroxylation sites is 1. The van der Waals surface area contributed by atoms with Crippen LogP contribution in [-0.4, -0.2) is 39.9 Å². The second-order valence-corrected chi connectivity index (χ2v) is 6.15. The Morgan fingerprint density at radius 2 is 1.71 bits per heavy atom. The third-order valence-corrected chi connectivity index (χ3v) is 3.34. The Morgan fingerprint density at radius 3 is 2.33 bits per heavy atom. The second-order valence-electron chi connectivity index (χ2n) is 6.15. The molecule has 1 unspecified atom stereocenters. The summed E-state index contributed by atoms with van der Waals surface area (Å²) < 4.78 is 11.9. The minimum atomic E-state index is -1.37. The van der Waals surface area contributed by atoms with E-state index in [2.05, 4.69) is 0 Å². The quantitative estimate of drug-likeness (QED) is 0.822. The summed E-state index contributed by atoms with van der Waals surface area (Å²) in [4.78, 5) is 24.2. The average molecular weight is 333 g/mol. The molecule has 1 atom stereocenters. The normalized spacial score (nSPS) is 12.6. The Balaban J connectivity index is 2.36. The Bertz CT molecular complexity index is 732. The molecule has 0 saturated heterocycles. The van der Waals surface area contributed by atoms with Gasteiger partial charge in [0.15, 0.2) is 6.10 Å². The molecule has 2 rings (SSSR count). The first-order chi connectivity index (χ1) is 11.3. The van der Waals surface area contributed by atoms with E-state index in [4.69, 9.17) is 9.47 Å². The van der Waals surface area contributed by atoms with Crippen molar-refractivity contribution in [3.63, 3.8) is 0 Å². The molecule has 0 aliphatic heterocycles. The second kappa shape index (κ2) is 7.49. The lowest BCUT2D eigenvalue weighted by Gasteiger charge is -2.16. The molecule has 0 amide bonds. The van der Waals surface area contributed by atoms with Crippen LogP contribution in [0.2, 0.25) is 0 Å². The summed E-state index contributed by atoms with van der Waals surface area (Å²) in [5.41, 5.74) is 1.03. The van der Waals surface area contributed by atoms with Crippen LogP contribution in [0.3, 0.4) is 0 Å². The number of aliphatic hydroxyl groups is 1. The van der Waals surface area contributed by atoms with Crippen LogP contribution in [0, 0.1) is 0 Å². The molecule has 0 aliphatic rings. The van der Waals surface area contributed by atoms with Crippen LogP contribution < -0.4 is 0 Å². The van der Waals surface area contributed by atoms with Gasteiger partial charge >= 0.3 is 11.9 Å². The van der Waals surface area contributed by atoms with E-state index in [-0.39, 0.29) is 18.8 Å². The zero-order valence-corrected chi connectivity index (χ0v) is 14.4. The Labute approximate surface area is 141 Å². The topological polar surface area (TPSA) is 77.8 Å². The van der Waals surface area contributed by atoms with Crippen molar-refractivity contribution in [1.29, 1.82) is 0 Å². The highest BCUT2D eigenvalue weighted by Crippen LogP contribution is 2.21. The van der Waals surface area contributed by atoms with E-state index in [1.165, 1.54) is 0 Å². The van der Waals surface area contributed by atoms with Crippen LogP contribution in [0.1, 0.15) is 38.2 Å². The lowest BCUT2D eigenvalue weighted by molar-refractivity contribution is -0.158. The number of hydrogen-bond acceptors (Lipinski definition) is 5. The van der Waals surface area contributed by atoms with E-state index in [9.17, 15) is 14.7 Å². The molecule has 0 radical (unpaired) electrons. The molecular formula is C18H23NO5. The summed E-state index contributed by atoms with van der Waals surface area (Å²) >= 11 is 0. The van der Waals surface area contributed by atoms with E-state index >= 15 is 0 Å². The summed E-state index contributed by atoms with van der Waals surface area (Å²) in [5.74, 6) is -1.21. The third-order valence-electron chi connectivity index (χ3n) is 3.34. The predicted octanol–water partition coefficient (Wildman–Crippen LogP) is 2.52. The summed E-state index contributed by atoms with van der Waals surface area (Å²) in [5, 5.41) is 11.0. The number of carbonyl (C=O) groups is 2. The molecule has 0 bridgehead atoms. The molecule has 6 nitrogen and oxygen atoms in total. The van der Waals surface area contributed by atoms with Crippen molar-refractivity contribution in [3.8, 4) is 0 Å². The van der Waals surface area contributed by atoms with E-state index in [0.717, 1.165) is 10.9 Å². The van der Waals surface area contributed by atoms with Crippen LogP contribution in [0.25, 0.3) is 10.9 Å². The van der Waals surface area contributed by atoms with Crippen molar-refractivity contribution in [3.05, 3.63) is 36.0 Å². The van der Waals surface area contributed by atoms with Crippen molar-refractivity contribution < 1.29 is 24.2 Å². The van der Waals surface area contributed by atoms with E-state index in [1.807, 2.05) is 24.3 Å². The van der Waals surface area contributed by atoms with Gasteiger partial charge in [-0.2, -0.15) is 0 Å². The summed E-state index contributed by atoms with van der Waals surface area (Å²) in [6.07, 6.45) is -1.95. The number of hydrogen-bond donors (Lipinski definition) is 1. The van der Waals surface area contributed by atoms with Crippen LogP contribution in [0.4, 0.5) is 0 Å². The molecule has 1 N–H and O–H groups in total. The maximum absolute atomic E-state index is 12.3. The summed E-state index contributed by atoms with van der Waals surface area (Å²) in [6.45, 7) is 6.86. The van der Waals surface area contributed by atoms with Gasteiger partial charge in [0.25, 0.3) is 0 Å². The predicted molar refractivity (Wildman–Crippen MR) is 89.7 cm³/mol. The van der Waals surface area contributed by atoms with Gasteiger partial charge in [-0.1, -0.05) is 18.2 Å². The van der Waals surface area contributed by atoms with Crippen LogP contribution in [0.15, 0.2) is 30.3 Å². The fourth-order valence-electron chi connectivity index (χ4n) is 2.41. The Hall–Kier alpha value is -2.34. The largest absolute Gasteiger partial charge is 0.461 e. The van der Waals surface area contributed by atoms with Crippen molar-refractivity contribution in [1.82, 2.24) is 4.57 Å². The van der Waals surface area contributed by atoms with Crippen molar-refractivity contribution in [2.75, 3.05) is 0 Å². The monoisotopic (exact) mass is 333 g/mol. The van der Waals surface area contributed by atoms with Crippen molar-refractivity contribution >= 4 is 22.8 Å². The lowest BCUT2D eigenvalue weighted by Crippen LogP contribution is -2.31. The highest BCUT2D eigenvalue weighted by Gasteiger charge is 2.24. The number of fused-ring (bicyclic) bond motifs is 1. The van der Waals surface area contributed by atoms with E-state index < -0.39 is 18.0 Å². The standard InChI is InChI=1S/C18H23NO5/c1-11(2)23-17(21)15-9-13-7-5-6-8-14(13)19(15)10-16(20)18(22)24-12(3)4/h5-9,11-12,16,20H,10H2,1-4H3. The SMILES string of the molecule is CC(C)OC(=O)c1cc2ccccc2n1CC(O)C(=O)OC(C)C. The number of carbonyl (C=O) groups excluding carboxylic acids is 2. The number of benzene rings is 1. The fraction of sp³-hybridized carbons (Fsp3) is 0.444. The maximum atomic E-state index is 12.3. The number of rotatable bonds is 6. The van der Waals surface area contributed by atoms with Crippen molar-refractivity contribution in [2.24, 2.45) is 0 Å². The van der Waals surface area contributed by atoms with Gasteiger partial charge in [-0.15, -0.1) is 0 Å². The fourth-order valence-corrected chi connectivity index (χ4v) is 2.41. The first-order valence-electron chi connectivity index (χ1n) is 7.97. The Morgan fingerprint density at radius 1 is 1.08 bits per heavy atom. The highest BCUT2D eigenvalue weighted by atomic mass is 16.6. The minimum absolute atomic E-state index is 0.0818. The van der Waals surface area contributed by atoms with Crippen LogP contribution in [0.5, 0.6) is 0 Å². The molecule has 0 aliphatic carbocycles. The smallest absolute Gasteiger partial charge is 0.355 e. The van der Waals surface area contributed by atoms with Gasteiger partial charge < -0.3 is 19.1 Å². The molecule has 6 heteroatoms. The zero-order chi connectivity index (χ0) is 17.9. The molecule has 130 valence electrons. The highest BCUT2D eigenvalue weighted by molar-refractivity contribution is 5.95. The molecule has 2 aromatic rings. The molecule has 0 saturated carbocycles. The number of esters is 2.